The Morgan fingerprint density at radius 2 is 1.96 bits per heavy atom. The fraction of sp³-hybridized carbons (Fsp3) is 0.625. The maximum atomic E-state index is 12.1. The number of piperidine rings is 1. The number of anilines is 1. The second kappa shape index (κ2) is 10.7. The number of aromatic nitrogens is 1. The van der Waals surface area contributed by atoms with E-state index in [-0.39, 0.29) is 36.6 Å². The van der Waals surface area contributed by atoms with Crippen LogP contribution in [0.3, 0.4) is 0 Å². The highest BCUT2D eigenvalue weighted by Gasteiger charge is 2.20. The molecule has 24 heavy (non-hydrogen) atoms. The minimum atomic E-state index is 0. The third-order valence-corrected chi connectivity index (χ3v) is 4.32. The van der Waals surface area contributed by atoms with Gasteiger partial charge in [-0.05, 0) is 37.6 Å². The van der Waals surface area contributed by atoms with E-state index in [9.17, 15) is 4.79 Å². The molecule has 2 fully saturated rings. The van der Waals surface area contributed by atoms with E-state index in [1.807, 2.05) is 18.3 Å². The zero-order chi connectivity index (χ0) is 15.2. The molecular weight excluding hydrogens is 351 g/mol. The van der Waals surface area contributed by atoms with E-state index in [2.05, 4.69) is 20.5 Å². The molecule has 1 aromatic heterocycles. The van der Waals surface area contributed by atoms with Crippen LogP contribution in [0.4, 0.5) is 5.82 Å². The number of carbonyl (C=O) groups is 1. The van der Waals surface area contributed by atoms with Gasteiger partial charge in [0.1, 0.15) is 5.82 Å². The van der Waals surface area contributed by atoms with E-state index >= 15 is 0 Å². The third-order valence-electron chi connectivity index (χ3n) is 4.32. The van der Waals surface area contributed by atoms with Crippen LogP contribution in [0.2, 0.25) is 0 Å². The first kappa shape index (κ1) is 21.0. The van der Waals surface area contributed by atoms with Gasteiger partial charge in [0.2, 0.25) is 5.91 Å². The summed E-state index contributed by atoms with van der Waals surface area (Å²) in [5.74, 6) is 1.30. The number of carbonyl (C=O) groups excluding carboxylic acids is 1. The van der Waals surface area contributed by atoms with E-state index in [0.29, 0.717) is 6.54 Å². The molecule has 1 amide bonds. The number of rotatable bonds is 4. The van der Waals surface area contributed by atoms with Gasteiger partial charge in [-0.15, -0.1) is 24.8 Å². The van der Waals surface area contributed by atoms with Gasteiger partial charge in [-0.2, -0.15) is 0 Å². The maximum absolute atomic E-state index is 12.1. The van der Waals surface area contributed by atoms with E-state index in [1.54, 1.807) is 0 Å². The number of halogens is 2. The Morgan fingerprint density at radius 3 is 2.58 bits per heavy atom. The lowest BCUT2D eigenvalue weighted by molar-refractivity contribution is -0.125. The normalized spacial score (nSPS) is 18.2. The first-order valence-corrected chi connectivity index (χ1v) is 8.09. The Hall–Kier alpha value is -1.08. The largest absolute Gasteiger partial charge is 0.378 e. The molecule has 0 saturated carbocycles. The van der Waals surface area contributed by atoms with Gasteiger partial charge in [0, 0.05) is 31.7 Å². The summed E-state index contributed by atoms with van der Waals surface area (Å²) in [5, 5.41) is 6.30. The van der Waals surface area contributed by atoms with Crippen LogP contribution in [0.25, 0.3) is 0 Å². The van der Waals surface area contributed by atoms with E-state index in [4.69, 9.17) is 4.74 Å². The molecule has 136 valence electrons. The summed E-state index contributed by atoms with van der Waals surface area (Å²) in [7, 11) is 0. The smallest absolute Gasteiger partial charge is 0.223 e. The SMILES string of the molecule is Cl.Cl.O=C(NCc1ccc(N2CCOCC2)nc1)C1CCNCC1. The summed E-state index contributed by atoms with van der Waals surface area (Å²) in [4.78, 5) is 18.8. The van der Waals surface area contributed by atoms with Crippen molar-refractivity contribution in [2.45, 2.75) is 19.4 Å². The highest BCUT2D eigenvalue weighted by molar-refractivity contribution is 5.85. The lowest BCUT2D eigenvalue weighted by Crippen LogP contribution is -2.38. The van der Waals surface area contributed by atoms with Crippen molar-refractivity contribution < 1.29 is 9.53 Å². The lowest BCUT2D eigenvalue weighted by Gasteiger charge is -2.27. The van der Waals surface area contributed by atoms with Crippen LogP contribution in [-0.4, -0.2) is 50.3 Å². The fourth-order valence-electron chi connectivity index (χ4n) is 2.92. The monoisotopic (exact) mass is 376 g/mol. The van der Waals surface area contributed by atoms with Gasteiger partial charge >= 0.3 is 0 Å². The van der Waals surface area contributed by atoms with Crippen LogP contribution >= 0.6 is 24.8 Å². The second-order valence-electron chi connectivity index (χ2n) is 5.87. The lowest BCUT2D eigenvalue weighted by atomic mass is 9.97. The van der Waals surface area contributed by atoms with Gasteiger partial charge in [-0.1, -0.05) is 6.07 Å². The number of pyridine rings is 1. The molecule has 0 atom stereocenters. The Labute approximate surface area is 155 Å². The average molecular weight is 377 g/mol. The summed E-state index contributed by atoms with van der Waals surface area (Å²) in [6.07, 6.45) is 3.72. The molecule has 0 aliphatic carbocycles. The predicted molar refractivity (Wildman–Crippen MR) is 99.2 cm³/mol. The number of morpholine rings is 1. The minimum absolute atomic E-state index is 0. The van der Waals surface area contributed by atoms with Crippen LogP contribution in [0, 0.1) is 5.92 Å². The van der Waals surface area contributed by atoms with E-state index in [1.165, 1.54) is 0 Å². The summed E-state index contributed by atoms with van der Waals surface area (Å²) in [6.45, 7) is 5.73. The molecule has 0 aromatic carbocycles. The Balaban J connectivity index is 0.00000144. The molecule has 2 N–H and O–H groups in total. The highest BCUT2D eigenvalue weighted by atomic mass is 35.5. The molecule has 0 spiro atoms. The van der Waals surface area contributed by atoms with Crippen molar-refractivity contribution in [2.75, 3.05) is 44.3 Å². The first-order chi connectivity index (χ1) is 10.8. The van der Waals surface area contributed by atoms with Crippen LogP contribution in [0.15, 0.2) is 18.3 Å². The molecule has 2 saturated heterocycles. The van der Waals surface area contributed by atoms with Gasteiger partial charge in [0.25, 0.3) is 0 Å². The number of nitrogens with zero attached hydrogens (tertiary/aromatic N) is 2. The molecule has 2 aliphatic rings. The standard InChI is InChI=1S/C16H24N4O2.2ClH/c21-16(14-3-5-17-6-4-14)19-12-13-1-2-15(18-11-13)20-7-9-22-10-8-20;;/h1-2,11,14,17H,3-10,12H2,(H,19,21);2*1H. The van der Waals surface area contributed by atoms with Gasteiger partial charge in [0.15, 0.2) is 0 Å². The topological polar surface area (TPSA) is 66.5 Å². The summed E-state index contributed by atoms with van der Waals surface area (Å²) in [5.41, 5.74) is 1.04. The Morgan fingerprint density at radius 1 is 1.25 bits per heavy atom. The number of nitrogens with one attached hydrogen (secondary N) is 2. The number of amides is 1. The zero-order valence-electron chi connectivity index (χ0n) is 13.7. The molecule has 0 bridgehead atoms. The molecule has 3 rings (SSSR count). The van der Waals surface area contributed by atoms with E-state index in [0.717, 1.165) is 63.6 Å². The molecular formula is C16H26Cl2N4O2. The third kappa shape index (κ3) is 5.77. The van der Waals surface area contributed by atoms with E-state index < -0.39 is 0 Å². The molecule has 0 unspecified atom stereocenters. The molecule has 6 nitrogen and oxygen atoms in total. The van der Waals surface area contributed by atoms with Gasteiger partial charge in [0.05, 0.1) is 13.2 Å². The van der Waals surface area contributed by atoms with Crippen molar-refractivity contribution in [1.29, 1.82) is 0 Å². The average Bonchev–Trinajstić information content (AvgIpc) is 2.61. The van der Waals surface area contributed by atoms with Crippen molar-refractivity contribution in [2.24, 2.45) is 5.92 Å². The van der Waals surface area contributed by atoms with Crippen molar-refractivity contribution in [3.05, 3.63) is 23.9 Å². The highest BCUT2D eigenvalue weighted by Crippen LogP contribution is 2.14. The second-order valence-corrected chi connectivity index (χ2v) is 5.87. The molecule has 0 radical (unpaired) electrons. The number of hydrogen-bond acceptors (Lipinski definition) is 5. The summed E-state index contributed by atoms with van der Waals surface area (Å²) in [6, 6.07) is 4.07. The first-order valence-electron chi connectivity index (χ1n) is 8.09. The van der Waals surface area contributed by atoms with Crippen LogP contribution < -0.4 is 15.5 Å². The quantitative estimate of drug-likeness (QED) is 0.830. The molecule has 1 aromatic rings. The predicted octanol–water partition coefficient (Wildman–Crippen LogP) is 1.38. The minimum Gasteiger partial charge on any atom is -0.378 e. The van der Waals surface area contributed by atoms with Gasteiger partial charge in [-0.25, -0.2) is 4.98 Å². The molecule has 2 aliphatic heterocycles. The fourth-order valence-corrected chi connectivity index (χ4v) is 2.92. The van der Waals surface area contributed by atoms with Crippen LogP contribution in [-0.2, 0) is 16.1 Å². The van der Waals surface area contributed by atoms with Crippen molar-refractivity contribution >= 4 is 36.5 Å². The maximum Gasteiger partial charge on any atom is 0.223 e. The van der Waals surface area contributed by atoms with Gasteiger partial charge in [-0.3, -0.25) is 4.79 Å². The van der Waals surface area contributed by atoms with Gasteiger partial charge < -0.3 is 20.3 Å². The number of ether oxygens (including phenoxy) is 1. The van der Waals surface area contributed by atoms with Crippen molar-refractivity contribution in [3.63, 3.8) is 0 Å². The molecule has 3 heterocycles. The van der Waals surface area contributed by atoms with Crippen LogP contribution in [0.1, 0.15) is 18.4 Å². The summed E-state index contributed by atoms with van der Waals surface area (Å²) < 4.78 is 5.35. The molecule has 8 heteroatoms. The van der Waals surface area contributed by atoms with Crippen LogP contribution in [0.5, 0.6) is 0 Å². The number of hydrogen-bond donors (Lipinski definition) is 2. The zero-order valence-corrected chi connectivity index (χ0v) is 15.3. The van der Waals surface area contributed by atoms with Crippen molar-refractivity contribution in [1.82, 2.24) is 15.6 Å². The Kier molecular flexibility index (Phi) is 9.36. The summed E-state index contributed by atoms with van der Waals surface area (Å²) >= 11 is 0. The Bertz CT molecular complexity index is 489. The van der Waals surface area contributed by atoms with Crippen molar-refractivity contribution in [3.8, 4) is 0 Å².